The van der Waals surface area contributed by atoms with E-state index < -0.39 is 23.2 Å². The second-order valence-corrected chi connectivity index (χ2v) is 11.8. The van der Waals surface area contributed by atoms with Crippen LogP contribution in [-0.4, -0.2) is 39.1 Å². The van der Waals surface area contributed by atoms with E-state index in [-0.39, 0.29) is 11.2 Å². The predicted molar refractivity (Wildman–Crippen MR) is 138 cm³/mol. The number of ether oxygens (including phenoxy) is 1. The van der Waals surface area contributed by atoms with Crippen molar-refractivity contribution in [2.75, 3.05) is 23.8 Å². The van der Waals surface area contributed by atoms with Crippen LogP contribution >= 0.6 is 26.5 Å². The highest BCUT2D eigenvalue weighted by Gasteiger charge is 2.42. The number of benzene rings is 2. The van der Waals surface area contributed by atoms with Gasteiger partial charge < -0.3 is 14.7 Å². The smallest absolute Gasteiger partial charge is 0.341 e. The Kier molecular flexibility index (Phi) is 8.72. The van der Waals surface area contributed by atoms with E-state index in [0.717, 1.165) is 44.2 Å². The third-order valence-electron chi connectivity index (χ3n) is 6.20. The number of unbranched alkanes of at least 4 members (excludes halogenated alkanes) is 2. The van der Waals surface area contributed by atoms with Crippen LogP contribution in [0.4, 0.5) is 11.4 Å². The van der Waals surface area contributed by atoms with Gasteiger partial charge in [-0.2, -0.15) is 10.6 Å². The molecule has 1 aliphatic heterocycles. The molecule has 0 saturated heterocycles. The molecule has 0 aromatic heterocycles. The van der Waals surface area contributed by atoms with Crippen molar-refractivity contribution in [1.29, 1.82) is 0 Å². The van der Waals surface area contributed by atoms with Crippen molar-refractivity contribution < 1.29 is 23.7 Å². The Morgan fingerprint density at radius 2 is 1.76 bits per heavy atom. The van der Waals surface area contributed by atoms with Gasteiger partial charge in [0.15, 0.2) is 6.61 Å². The Balaban J connectivity index is 2.17. The van der Waals surface area contributed by atoms with Crippen LogP contribution in [0.25, 0.3) is 0 Å². The second-order valence-electron chi connectivity index (χ2n) is 8.87. The van der Waals surface area contributed by atoms with Crippen LogP contribution in [-0.2, 0) is 4.79 Å². The van der Waals surface area contributed by atoms with Crippen LogP contribution in [0.2, 0.25) is 0 Å². The molecule has 8 heteroatoms. The van der Waals surface area contributed by atoms with E-state index in [2.05, 4.69) is 34.7 Å². The number of rotatable bonds is 10. The number of carboxylic acids is 1. The number of fused-ring (bicyclic) bond motifs is 1. The molecular formula is C25H34BrNO5S. The highest BCUT2D eigenvalue weighted by atomic mass is 79.9. The normalized spacial score (nSPS) is 17.7. The molecule has 3 N–H and O–H groups in total. The number of aliphatic carboxylic acids is 1. The van der Waals surface area contributed by atoms with Gasteiger partial charge in [0.1, 0.15) is 5.75 Å². The first kappa shape index (κ1) is 25.9. The molecule has 2 aromatic carbocycles. The van der Waals surface area contributed by atoms with Crippen molar-refractivity contribution in [2.45, 2.75) is 57.3 Å². The van der Waals surface area contributed by atoms with Gasteiger partial charge in [-0.05, 0) is 47.0 Å². The van der Waals surface area contributed by atoms with Crippen molar-refractivity contribution in [3.63, 3.8) is 0 Å². The molecule has 6 nitrogen and oxygen atoms in total. The number of hydrogen-bond donors (Lipinski definition) is 3. The summed E-state index contributed by atoms with van der Waals surface area (Å²) < 4.78 is 29.1. The highest BCUT2D eigenvalue weighted by molar-refractivity contribution is 9.10. The average Bonchev–Trinajstić information content (AvgIpc) is 2.87. The molecule has 2 aromatic rings. The van der Waals surface area contributed by atoms with Crippen LogP contribution in [0.15, 0.2) is 51.8 Å². The first-order valence-corrected chi connectivity index (χ1v) is 14.0. The van der Waals surface area contributed by atoms with Crippen LogP contribution in [0.3, 0.4) is 0 Å². The molecule has 33 heavy (non-hydrogen) atoms. The largest absolute Gasteiger partial charge is 0.481 e. The first-order chi connectivity index (χ1) is 15.7. The molecule has 0 fully saturated rings. The quantitative estimate of drug-likeness (QED) is 0.289. The van der Waals surface area contributed by atoms with Gasteiger partial charge in [-0.25, -0.2) is 4.79 Å². The van der Waals surface area contributed by atoms with Crippen molar-refractivity contribution in [2.24, 2.45) is 5.41 Å². The Morgan fingerprint density at radius 1 is 1.12 bits per heavy atom. The van der Waals surface area contributed by atoms with E-state index in [1.165, 1.54) is 0 Å². The van der Waals surface area contributed by atoms with E-state index in [4.69, 9.17) is 9.84 Å². The summed E-state index contributed by atoms with van der Waals surface area (Å²) in [6, 6.07) is 13.4. The maximum Gasteiger partial charge on any atom is 0.341 e. The highest BCUT2D eigenvalue weighted by Crippen LogP contribution is 2.62. The zero-order chi connectivity index (χ0) is 24.1. The fourth-order valence-corrected chi connectivity index (χ4v) is 7.22. The first-order valence-electron chi connectivity index (χ1n) is 11.5. The summed E-state index contributed by atoms with van der Waals surface area (Å²) in [5.74, 6) is -0.512. The van der Waals surface area contributed by atoms with Gasteiger partial charge in [-0.3, -0.25) is 9.11 Å². The second kappa shape index (κ2) is 11.1. The van der Waals surface area contributed by atoms with E-state index in [1.54, 1.807) is 6.07 Å². The fraction of sp³-hybridized carbons (Fsp3) is 0.480. The molecule has 0 atom stereocenters. The average molecular weight is 541 g/mol. The number of nitrogens with zero attached hydrogens (tertiary/aromatic N) is 1. The Morgan fingerprint density at radius 3 is 2.33 bits per heavy atom. The van der Waals surface area contributed by atoms with E-state index >= 15 is 0 Å². The van der Waals surface area contributed by atoms with Gasteiger partial charge >= 0.3 is 5.97 Å². The molecule has 0 unspecified atom stereocenters. The summed E-state index contributed by atoms with van der Waals surface area (Å²) >= 11 is 3.50. The zero-order valence-electron chi connectivity index (χ0n) is 19.3. The lowest BCUT2D eigenvalue weighted by Gasteiger charge is -2.42. The molecule has 0 aliphatic carbocycles. The minimum atomic E-state index is -3.16. The molecule has 1 aliphatic rings. The summed E-state index contributed by atoms with van der Waals surface area (Å²) in [6.45, 7) is 4.50. The van der Waals surface area contributed by atoms with Crippen LogP contribution in [0.5, 0.6) is 5.75 Å². The Hall–Kier alpha value is -1.74. The summed E-state index contributed by atoms with van der Waals surface area (Å²) in [5, 5.41) is 9.03. The number of halogens is 1. The molecule has 0 amide bonds. The lowest BCUT2D eigenvalue weighted by atomic mass is 9.79. The topological polar surface area (TPSA) is 90.2 Å². The summed E-state index contributed by atoms with van der Waals surface area (Å²) in [6.07, 6.45) is 5.97. The molecule has 0 radical (unpaired) electrons. The number of anilines is 2. The monoisotopic (exact) mass is 539 g/mol. The lowest BCUT2D eigenvalue weighted by Crippen LogP contribution is -2.37. The summed E-state index contributed by atoms with van der Waals surface area (Å²) in [4.78, 5) is 13.6. The van der Waals surface area contributed by atoms with Crippen LogP contribution in [0, 0.1) is 5.41 Å². The molecule has 0 spiro atoms. The summed E-state index contributed by atoms with van der Waals surface area (Å²) in [7, 11) is -3.16. The van der Waals surface area contributed by atoms with Gasteiger partial charge in [-0.1, -0.05) is 57.7 Å². The van der Waals surface area contributed by atoms with Gasteiger partial charge in [0, 0.05) is 29.5 Å². The van der Waals surface area contributed by atoms with Crippen molar-refractivity contribution in [3.8, 4) is 5.75 Å². The Bertz CT molecular complexity index is 945. The zero-order valence-corrected chi connectivity index (χ0v) is 21.7. The third kappa shape index (κ3) is 6.23. The number of hydrogen-bond acceptors (Lipinski definition) is 5. The number of carbonyl (C=O) groups is 1. The van der Waals surface area contributed by atoms with Gasteiger partial charge in [0.2, 0.25) is 0 Å². The van der Waals surface area contributed by atoms with Crippen LogP contribution in [0.1, 0.15) is 52.4 Å². The molecular weight excluding hydrogens is 506 g/mol. The van der Waals surface area contributed by atoms with E-state index in [1.807, 2.05) is 36.4 Å². The summed E-state index contributed by atoms with van der Waals surface area (Å²) in [5.41, 5.74) is 1.44. The molecule has 1 heterocycles. The predicted octanol–water partition coefficient (Wildman–Crippen LogP) is 7.54. The third-order valence-corrected chi connectivity index (χ3v) is 8.86. The maximum atomic E-state index is 11.5. The fourth-order valence-electron chi connectivity index (χ4n) is 4.59. The standard InChI is InChI=1S/C25H34BrNO5S/c1-3-5-12-25(13-6-4-2)17-27(19-10-8-7-9-11-19)21-14-20(26)22(32-16-24(28)29)15-23(21)33(30,31)18-25/h7-11,14-15,30-31H,3-6,12-13,16-18H2,1-2H3,(H,28,29). The van der Waals surface area contributed by atoms with E-state index in [9.17, 15) is 13.9 Å². The van der Waals surface area contributed by atoms with Crippen molar-refractivity contribution in [1.82, 2.24) is 0 Å². The van der Waals surface area contributed by atoms with Crippen molar-refractivity contribution >= 4 is 43.9 Å². The number of carboxylic acid groups (broad SMARTS) is 1. The Labute approximate surface area is 206 Å². The van der Waals surface area contributed by atoms with E-state index in [0.29, 0.717) is 27.3 Å². The minimum absolute atomic E-state index is 0.256. The van der Waals surface area contributed by atoms with Gasteiger partial charge in [-0.15, -0.1) is 0 Å². The molecule has 0 saturated carbocycles. The lowest BCUT2D eigenvalue weighted by molar-refractivity contribution is -0.139. The molecule has 3 rings (SSSR count). The molecule has 182 valence electrons. The SMILES string of the molecule is CCCCC1(CCCC)CN(c2ccccc2)c2cc(Br)c(OCC(=O)O)cc2S(O)(O)C1. The maximum absolute atomic E-state index is 11.5. The van der Waals surface area contributed by atoms with Gasteiger partial charge in [0.25, 0.3) is 0 Å². The van der Waals surface area contributed by atoms with Crippen LogP contribution < -0.4 is 9.64 Å². The molecule has 0 bridgehead atoms. The van der Waals surface area contributed by atoms with Gasteiger partial charge in [0.05, 0.1) is 15.1 Å². The minimum Gasteiger partial charge on any atom is -0.481 e. The number of para-hydroxylation sites is 1. The van der Waals surface area contributed by atoms with Crippen molar-refractivity contribution in [3.05, 3.63) is 46.9 Å².